The van der Waals surface area contributed by atoms with Gasteiger partial charge < -0.3 is 0 Å². The number of nitrogens with zero attached hydrogens (tertiary/aromatic N) is 5. The number of rotatable bonds is 7. The number of aromatic nitrogens is 4. The van der Waals surface area contributed by atoms with Crippen LogP contribution in [0.15, 0.2) is 60.8 Å². The third-order valence-electron chi connectivity index (χ3n) is 7.05. The summed E-state index contributed by atoms with van der Waals surface area (Å²) in [6.07, 6.45) is 2.70. The molecule has 0 bridgehead atoms. The standard InChI is InChI=1S/C28H23ClFN5O3/c29-22-15-31-35-10-4-9-34-24(26(22)35)14-23(32-34)25(36)13-18(11-17-5-3-6-19(30)12-17)16-33-27(37)20-7-1-2-8-21(20)28(33)38/h1-3,5-8,12,14-15,18H,4,9-11,13,16H2/t18-/m1/s1. The molecule has 6 rings (SSSR count). The molecule has 8 nitrogen and oxygen atoms in total. The fourth-order valence-electron chi connectivity index (χ4n) is 5.30. The molecular weight excluding hydrogens is 509 g/mol. The molecule has 38 heavy (non-hydrogen) atoms. The predicted molar refractivity (Wildman–Crippen MR) is 137 cm³/mol. The first-order chi connectivity index (χ1) is 18.4. The number of halogens is 2. The number of benzene rings is 2. The minimum atomic E-state index is -0.442. The van der Waals surface area contributed by atoms with Gasteiger partial charge in [-0.15, -0.1) is 0 Å². The average Bonchev–Trinajstić information content (AvgIpc) is 3.51. The van der Waals surface area contributed by atoms with Crippen LogP contribution in [0.25, 0.3) is 11.4 Å². The zero-order valence-corrected chi connectivity index (χ0v) is 21.1. The van der Waals surface area contributed by atoms with Crippen molar-refractivity contribution in [3.8, 4) is 11.4 Å². The summed E-state index contributed by atoms with van der Waals surface area (Å²) in [7, 11) is 0. The molecule has 0 saturated carbocycles. The van der Waals surface area contributed by atoms with Gasteiger partial charge >= 0.3 is 0 Å². The van der Waals surface area contributed by atoms with Crippen molar-refractivity contribution in [1.82, 2.24) is 24.5 Å². The van der Waals surface area contributed by atoms with E-state index in [1.54, 1.807) is 53.3 Å². The van der Waals surface area contributed by atoms with E-state index in [-0.39, 0.29) is 42.1 Å². The second kappa shape index (κ2) is 9.64. The van der Waals surface area contributed by atoms with Crippen molar-refractivity contribution in [3.05, 3.63) is 94.0 Å². The molecule has 10 heteroatoms. The Labute approximate surface area is 222 Å². The van der Waals surface area contributed by atoms with Crippen LogP contribution >= 0.6 is 11.6 Å². The highest BCUT2D eigenvalue weighted by atomic mass is 35.5. The maximum Gasteiger partial charge on any atom is 0.261 e. The first-order valence-electron chi connectivity index (χ1n) is 12.4. The number of fused-ring (bicyclic) bond motifs is 4. The third-order valence-corrected chi connectivity index (χ3v) is 7.33. The Morgan fingerprint density at radius 1 is 1.00 bits per heavy atom. The maximum absolute atomic E-state index is 13.9. The number of hydrogen-bond acceptors (Lipinski definition) is 5. The number of carbonyl (C=O) groups excluding carboxylic acids is 3. The van der Waals surface area contributed by atoms with Gasteiger partial charge in [-0.05, 0) is 54.7 Å². The second-order valence-corrected chi connectivity index (χ2v) is 10.1. The van der Waals surface area contributed by atoms with Crippen LogP contribution in [0.4, 0.5) is 4.39 Å². The van der Waals surface area contributed by atoms with Gasteiger partial charge in [0.15, 0.2) is 5.78 Å². The third kappa shape index (κ3) is 4.32. The Bertz CT molecular complexity index is 1560. The summed E-state index contributed by atoms with van der Waals surface area (Å²) in [5.74, 6) is -1.84. The molecule has 1 atom stereocenters. The number of imide groups is 1. The zero-order chi connectivity index (χ0) is 26.4. The lowest BCUT2D eigenvalue weighted by atomic mass is 9.92. The van der Waals surface area contributed by atoms with Crippen molar-refractivity contribution in [3.63, 3.8) is 0 Å². The van der Waals surface area contributed by atoms with Crippen LogP contribution in [0.3, 0.4) is 0 Å². The van der Waals surface area contributed by atoms with E-state index < -0.39 is 5.92 Å². The van der Waals surface area contributed by atoms with E-state index in [2.05, 4.69) is 10.2 Å². The molecule has 0 aliphatic carbocycles. The number of amides is 2. The summed E-state index contributed by atoms with van der Waals surface area (Å²) in [6.45, 7) is 1.34. The summed E-state index contributed by atoms with van der Waals surface area (Å²) in [5.41, 5.74) is 3.08. The van der Waals surface area contributed by atoms with Gasteiger partial charge in [-0.3, -0.25) is 28.6 Å². The quantitative estimate of drug-likeness (QED) is 0.255. The molecule has 0 N–H and O–H groups in total. The monoisotopic (exact) mass is 531 g/mol. The second-order valence-electron chi connectivity index (χ2n) is 9.65. The topological polar surface area (TPSA) is 90.1 Å². The van der Waals surface area contributed by atoms with Crippen LogP contribution in [0, 0.1) is 11.7 Å². The van der Waals surface area contributed by atoms with Crippen LogP contribution in [0.5, 0.6) is 0 Å². The molecule has 0 unspecified atom stereocenters. The van der Waals surface area contributed by atoms with E-state index in [1.165, 1.54) is 17.0 Å². The molecule has 2 amide bonds. The Kier molecular flexibility index (Phi) is 6.15. The normalized spacial score (nSPS) is 15.2. The minimum Gasteiger partial charge on any atom is -0.292 e. The van der Waals surface area contributed by atoms with Crippen molar-refractivity contribution in [2.45, 2.75) is 32.4 Å². The Morgan fingerprint density at radius 2 is 1.74 bits per heavy atom. The number of carbonyl (C=O) groups is 3. The van der Waals surface area contributed by atoms with Gasteiger partial charge in [-0.2, -0.15) is 10.2 Å². The molecule has 4 aromatic rings. The van der Waals surface area contributed by atoms with Gasteiger partial charge in [-0.25, -0.2) is 4.39 Å². The predicted octanol–water partition coefficient (Wildman–Crippen LogP) is 4.67. The summed E-state index contributed by atoms with van der Waals surface area (Å²) in [4.78, 5) is 40.7. The highest BCUT2D eigenvalue weighted by molar-refractivity contribution is 6.33. The van der Waals surface area contributed by atoms with E-state index in [0.29, 0.717) is 41.2 Å². The SMILES string of the molecule is O=C(C[C@@H](Cc1cccc(F)c1)CN1C(=O)c2ccccc2C1=O)c1cc2n(n1)CCCn1ncc(Cl)c1-2. The lowest BCUT2D eigenvalue weighted by molar-refractivity contribution is 0.0617. The van der Waals surface area contributed by atoms with Crippen LogP contribution in [0.2, 0.25) is 5.02 Å². The minimum absolute atomic E-state index is 0.0212. The lowest BCUT2D eigenvalue weighted by Crippen LogP contribution is -2.36. The highest BCUT2D eigenvalue weighted by Gasteiger charge is 2.37. The molecule has 0 spiro atoms. The van der Waals surface area contributed by atoms with E-state index in [0.717, 1.165) is 17.8 Å². The molecular formula is C28H23ClFN5O3. The average molecular weight is 532 g/mol. The smallest absolute Gasteiger partial charge is 0.261 e. The van der Waals surface area contributed by atoms with Gasteiger partial charge in [-0.1, -0.05) is 35.9 Å². The molecule has 192 valence electrons. The summed E-state index contributed by atoms with van der Waals surface area (Å²) in [6, 6.07) is 14.5. The Hall–Kier alpha value is -4.11. The largest absolute Gasteiger partial charge is 0.292 e. The highest BCUT2D eigenvalue weighted by Crippen LogP contribution is 2.32. The molecule has 0 saturated heterocycles. The fraction of sp³-hybridized carbons (Fsp3) is 0.250. The molecule has 2 aliphatic heterocycles. The Balaban J connectivity index is 1.28. The summed E-state index contributed by atoms with van der Waals surface area (Å²) in [5, 5.41) is 9.37. The number of aryl methyl sites for hydroxylation is 2. The van der Waals surface area contributed by atoms with Crippen LogP contribution in [0.1, 0.15) is 49.6 Å². The van der Waals surface area contributed by atoms with Crippen molar-refractivity contribution in [1.29, 1.82) is 0 Å². The molecule has 4 heterocycles. The van der Waals surface area contributed by atoms with Gasteiger partial charge in [0.05, 0.1) is 28.0 Å². The lowest BCUT2D eigenvalue weighted by Gasteiger charge is -2.22. The molecule has 2 aromatic carbocycles. The number of hydrogen-bond donors (Lipinski definition) is 0. The van der Waals surface area contributed by atoms with E-state index in [4.69, 9.17) is 11.6 Å². The summed E-state index contributed by atoms with van der Waals surface area (Å²) >= 11 is 6.39. The van der Waals surface area contributed by atoms with Crippen molar-refractivity contribution < 1.29 is 18.8 Å². The maximum atomic E-state index is 13.9. The number of ketones is 1. The van der Waals surface area contributed by atoms with Gasteiger partial charge in [0.2, 0.25) is 0 Å². The molecule has 2 aromatic heterocycles. The number of Topliss-reactive ketones (excluding diaryl/α,β-unsaturated/α-hetero) is 1. The summed E-state index contributed by atoms with van der Waals surface area (Å²) < 4.78 is 17.5. The van der Waals surface area contributed by atoms with Gasteiger partial charge in [0.1, 0.15) is 17.2 Å². The van der Waals surface area contributed by atoms with E-state index >= 15 is 0 Å². The van der Waals surface area contributed by atoms with Crippen LogP contribution in [-0.2, 0) is 19.5 Å². The first kappa shape index (κ1) is 24.2. The van der Waals surface area contributed by atoms with Crippen LogP contribution in [-0.4, -0.2) is 48.6 Å². The van der Waals surface area contributed by atoms with Crippen molar-refractivity contribution in [2.24, 2.45) is 5.92 Å². The molecule has 0 fully saturated rings. The first-order valence-corrected chi connectivity index (χ1v) is 12.8. The fourth-order valence-corrected chi connectivity index (χ4v) is 5.54. The Morgan fingerprint density at radius 3 is 2.47 bits per heavy atom. The van der Waals surface area contributed by atoms with Gasteiger partial charge in [0.25, 0.3) is 11.8 Å². The van der Waals surface area contributed by atoms with Gasteiger partial charge in [0, 0.05) is 26.1 Å². The van der Waals surface area contributed by atoms with E-state index in [1.807, 2.05) is 4.68 Å². The van der Waals surface area contributed by atoms with Crippen molar-refractivity contribution >= 4 is 29.2 Å². The van der Waals surface area contributed by atoms with Crippen molar-refractivity contribution in [2.75, 3.05) is 6.54 Å². The zero-order valence-electron chi connectivity index (χ0n) is 20.3. The van der Waals surface area contributed by atoms with E-state index in [9.17, 15) is 18.8 Å². The molecule has 2 aliphatic rings. The van der Waals surface area contributed by atoms with Crippen LogP contribution < -0.4 is 0 Å². The molecule has 0 radical (unpaired) electrons.